The lowest BCUT2D eigenvalue weighted by atomic mass is 9.87. The van der Waals surface area contributed by atoms with Gasteiger partial charge in [0.15, 0.2) is 0 Å². The summed E-state index contributed by atoms with van der Waals surface area (Å²) < 4.78 is 5.30. The summed E-state index contributed by atoms with van der Waals surface area (Å²) in [5, 5.41) is 4.08. The van der Waals surface area contributed by atoms with Gasteiger partial charge < -0.3 is 4.74 Å². The molecule has 0 spiro atoms. The van der Waals surface area contributed by atoms with Crippen LogP contribution in [0, 0.1) is 5.92 Å². The first-order chi connectivity index (χ1) is 9.62. The zero-order valence-electron chi connectivity index (χ0n) is 12.1. The highest BCUT2D eigenvalue weighted by atomic mass is 35.5. The number of halogens is 1. The van der Waals surface area contributed by atoms with Crippen LogP contribution in [-0.2, 0) is 15.1 Å². The Balaban J connectivity index is 2.30. The Hall–Kier alpha value is -1.06. The Kier molecular flexibility index (Phi) is 5.06. The Morgan fingerprint density at radius 1 is 1.45 bits per heavy atom. The molecule has 0 amide bonds. The number of nitrogens with one attached hydrogen (secondary N) is 1. The summed E-state index contributed by atoms with van der Waals surface area (Å²) in [5.41, 5.74) is 0.0929. The van der Waals surface area contributed by atoms with Crippen molar-refractivity contribution in [2.75, 3.05) is 13.2 Å². The fourth-order valence-corrected chi connectivity index (χ4v) is 2.60. The minimum absolute atomic E-state index is 0.217. The molecule has 1 aliphatic rings. The fraction of sp³-hybridized carbons (Fsp3) is 0.562. The molecule has 0 heterocycles. The average molecular weight is 296 g/mol. The van der Waals surface area contributed by atoms with Crippen LogP contribution in [0.5, 0.6) is 0 Å². The number of hydrogen-bond donors (Lipinski definition) is 1. The highest BCUT2D eigenvalue weighted by Crippen LogP contribution is 2.33. The SMILES string of the molecule is CCOC(=O)C(CC)(NCC1CC1)c1cccc(Cl)c1. The van der Waals surface area contributed by atoms with Crippen LogP contribution in [0.2, 0.25) is 5.02 Å². The van der Waals surface area contributed by atoms with Gasteiger partial charge in [-0.1, -0.05) is 30.7 Å². The van der Waals surface area contributed by atoms with E-state index in [-0.39, 0.29) is 5.97 Å². The van der Waals surface area contributed by atoms with Gasteiger partial charge >= 0.3 is 5.97 Å². The lowest BCUT2D eigenvalue weighted by molar-refractivity contribution is -0.152. The number of carbonyl (C=O) groups excluding carboxylic acids is 1. The van der Waals surface area contributed by atoms with Gasteiger partial charge in [-0.15, -0.1) is 0 Å². The number of esters is 1. The molecule has 20 heavy (non-hydrogen) atoms. The summed E-state index contributed by atoms with van der Waals surface area (Å²) in [7, 11) is 0. The molecule has 0 saturated heterocycles. The van der Waals surface area contributed by atoms with Crippen molar-refractivity contribution in [2.24, 2.45) is 5.92 Å². The quantitative estimate of drug-likeness (QED) is 0.782. The Morgan fingerprint density at radius 3 is 2.75 bits per heavy atom. The van der Waals surface area contributed by atoms with Crippen LogP contribution in [-0.4, -0.2) is 19.1 Å². The Morgan fingerprint density at radius 2 is 2.20 bits per heavy atom. The molecule has 2 rings (SSSR count). The van der Waals surface area contributed by atoms with Gasteiger partial charge in [0.1, 0.15) is 5.54 Å². The maximum atomic E-state index is 12.5. The number of hydrogen-bond acceptors (Lipinski definition) is 3. The third kappa shape index (κ3) is 3.33. The van der Waals surface area contributed by atoms with E-state index >= 15 is 0 Å². The zero-order chi connectivity index (χ0) is 14.6. The van der Waals surface area contributed by atoms with Crippen molar-refractivity contribution in [3.05, 3.63) is 34.9 Å². The Labute approximate surface area is 125 Å². The molecule has 1 N–H and O–H groups in total. The lowest BCUT2D eigenvalue weighted by Gasteiger charge is -2.32. The predicted octanol–water partition coefficient (Wildman–Crippen LogP) is 3.51. The predicted molar refractivity (Wildman–Crippen MR) is 80.8 cm³/mol. The van der Waals surface area contributed by atoms with E-state index < -0.39 is 5.54 Å². The molecule has 1 saturated carbocycles. The second-order valence-electron chi connectivity index (χ2n) is 5.31. The molecule has 1 fully saturated rings. The zero-order valence-corrected chi connectivity index (χ0v) is 12.9. The number of carbonyl (C=O) groups is 1. The van der Waals surface area contributed by atoms with Crippen molar-refractivity contribution in [3.63, 3.8) is 0 Å². The van der Waals surface area contributed by atoms with Crippen LogP contribution in [0.3, 0.4) is 0 Å². The fourth-order valence-electron chi connectivity index (χ4n) is 2.41. The van der Waals surface area contributed by atoms with Crippen molar-refractivity contribution in [1.82, 2.24) is 5.32 Å². The van der Waals surface area contributed by atoms with Crippen LogP contribution in [0.25, 0.3) is 0 Å². The topological polar surface area (TPSA) is 38.3 Å². The average Bonchev–Trinajstić information content (AvgIpc) is 3.25. The lowest BCUT2D eigenvalue weighted by Crippen LogP contribution is -2.50. The van der Waals surface area contributed by atoms with Gasteiger partial charge in [0.2, 0.25) is 0 Å². The van der Waals surface area contributed by atoms with Crippen LogP contribution < -0.4 is 5.32 Å². The number of ether oxygens (including phenoxy) is 1. The minimum atomic E-state index is -0.788. The van der Waals surface area contributed by atoms with E-state index in [4.69, 9.17) is 16.3 Å². The van der Waals surface area contributed by atoms with Crippen molar-refractivity contribution < 1.29 is 9.53 Å². The van der Waals surface area contributed by atoms with Gasteiger partial charge in [-0.2, -0.15) is 0 Å². The molecule has 0 aliphatic heterocycles. The van der Waals surface area contributed by atoms with E-state index in [2.05, 4.69) is 5.32 Å². The molecule has 0 bridgehead atoms. The molecule has 3 nitrogen and oxygen atoms in total. The highest BCUT2D eigenvalue weighted by Gasteiger charge is 2.41. The number of benzene rings is 1. The van der Waals surface area contributed by atoms with Crippen molar-refractivity contribution in [1.29, 1.82) is 0 Å². The third-order valence-corrected chi connectivity index (χ3v) is 4.10. The minimum Gasteiger partial charge on any atom is -0.464 e. The molecule has 1 unspecified atom stereocenters. The molecule has 1 aliphatic carbocycles. The van der Waals surface area contributed by atoms with E-state index in [1.807, 2.05) is 38.1 Å². The first-order valence-electron chi connectivity index (χ1n) is 7.30. The first-order valence-corrected chi connectivity index (χ1v) is 7.68. The number of rotatable bonds is 7. The maximum Gasteiger partial charge on any atom is 0.330 e. The van der Waals surface area contributed by atoms with Crippen molar-refractivity contribution in [2.45, 2.75) is 38.6 Å². The largest absolute Gasteiger partial charge is 0.464 e. The van der Waals surface area contributed by atoms with Crippen molar-refractivity contribution >= 4 is 17.6 Å². The second-order valence-corrected chi connectivity index (χ2v) is 5.75. The van der Waals surface area contributed by atoms with Gasteiger partial charge in [-0.25, -0.2) is 4.79 Å². The third-order valence-electron chi connectivity index (χ3n) is 3.86. The summed E-state index contributed by atoms with van der Waals surface area (Å²) >= 11 is 6.08. The molecule has 110 valence electrons. The standard InChI is InChI=1S/C16H22ClNO2/c1-3-16(15(19)20-4-2,18-11-12-8-9-12)13-6-5-7-14(17)10-13/h5-7,10,12,18H,3-4,8-9,11H2,1-2H3. The van der Waals surface area contributed by atoms with E-state index in [9.17, 15) is 4.79 Å². The second kappa shape index (κ2) is 6.59. The molecular formula is C16H22ClNO2. The van der Waals surface area contributed by atoms with Gasteiger partial charge in [0.25, 0.3) is 0 Å². The van der Waals surface area contributed by atoms with Gasteiger partial charge in [-0.3, -0.25) is 5.32 Å². The van der Waals surface area contributed by atoms with Gasteiger partial charge in [-0.05, 0) is 56.3 Å². The van der Waals surface area contributed by atoms with Crippen LogP contribution in [0.1, 0.15) is 38.7 Å². The molecule has 1 aromatic carbocycles. The smallest absolute Gasteiger partial charge is 0.330 e. The van der Waals surface area contributed by atoms with Gasteiger partial charge in [0.05, 0.1) is 6.61 Å². The van der Waals surface area contributed by atoms with Crippen LogP contribution in [0.15, 0.2) is 24.3 Å². The van der Waals surface area contributed by atoms with E-state index in [0.29, 0.717) is 24.0 Å². The first kappa shape index (κ1) is 15.3. The van der Waals surface area contributed by atoms with Crippen LogP contribution >= 0.6 is 11.6 Å². The summed E-state index contributed by atoms with van der Waals surface area (Å²) in [4.78, 5) is 12.5. The van der Waals surface area contributed by atoms with E-state index in [1.54, 1.807) is 0 Å². The van der Waals surface area contributed by atoms with E-state index in [0.717, 1.165) is 12.1 Å². The summed E-state index contributed by atoms with van der Waals surface area (Å²) in [6, 6.07) is 7.48. The maximum absolute atomic E-state index is 12.5. The summed E-state index contributed by atoms with van der Waals surface area (Å²) in [6.07, 6.45) is 3.12. The highest BCUT2D eigenvalue weighted by molar-refractivity contribution is 6.30. The molecule has 0 aromatic heterocycles. The molecule has 1 atom stereocenters. The normalized spacial score (nSPS) is 17.6. The Bertz CT molecular complexity index is 473. The molecule has 0 radical (unpaired) electrons. The van der Waals surface area contributed by atoms with Crippen molar-refractivity contribution in [3.8, 4) is 0 Å². The summed E-state index contributed by atoms with van der Waals surface area (Å²) in [6.45, 7) is 5.06. The van der Waals surface area contributed by atoms with E-state index in [1.165, 1.54) is 12.8 Å². The summed E-state index contributed by atoms with van der Waals surface area (Å²) in [5.74, 6) is 0.472. The van der Waals surface area contributed by atoms with Gasteiger partial charge in [0, 0.05) is 5.02 Å². The molecular weight excluding hydrogens is 274 g/mol. The van der Waals surface area contributed by atoms with Crippen LogP contribution in [0.4, 0.5) is 0 Å². The molecule has 4 heteroatoms. The molecule has 1 aromatic rings. The monoisotopic (exact) mass is 295 g/mol.